The summed E-state index contributed by atoms with van der Waals surface area (Å²) in [6.07, 6.45) is 11.9. The van der Waals surface area contributed by atoms with Gasteiger partial charge in [0, 0.05) is 0 Å². The van der Waals surface area contributed by atoms with E-state index >= 15 is 0 Å². The van der Waals surface area contributed by atoms with E-state index in [1.54, 1.807) is 23.6 Å². The van der Waals surface area contributed by atoms with E-state index in [4.69, 9.17) is 0 Å². The second kappa shape index (κ2) is 11.1. The predicted molar refractivity (Wildman–Crippen MR) is 192 cm³/mol. The topological polar surface area (TPSA) is 0 Å². The zero-order chi connectivity index (χ0) is 31.2. The molecule has 1 aliphatic heterocycles. The molecule has 0 nitrogen and oxygen atoms in total. The lowest BCUT2D eigenvalue weighted by molar-refractivity contribution is 0.226. The van der Waals surface area contributed by atoms with E-state index in [1.165, 1.54) is 56.1 Å². The summed E-state index contributed by atoms with van der Waals surface area (Å²) in [7, 11) is -1.45. The molecule has 240 valence electrons. The van der Waals surface area contributed by atoms with Gasteiger partial charge in [0.1, 0.15) is 0 Å². The summed E-state index contributed by atoms with van der Waals surface area (Å²) in [5.41, 5.74) is 8.96. The van der Waals surface area contributed by atoms with Crippen LogP contribution in [-0.2, 0) is 10.8 Å². The molecule has 44 heavy (non-hydrogen) atoms. The first kappa shape index (κ1) is 31.3. The summed E-state index contributed by atoms with van der Waals surface area (Å²) in [6.45, 7) is 22.6. The monoisotopic (exact) mass is 608 g/mol. The summed E-state index contributed by atoms with van der Waals surface area (Å²) in [5.74, 6) is 8.41. The molecule has 5 aliphatic rings. The van der Waals surface area contributed by atoms with Crippen LogP contribution < -0.4 is 0 Å². The molecule has 0 amide bonds. The lowest BCUT2D eigenvalue weighted by Gasteiger charge is -2.48. The summed E-state index contributed by atoms with van der Waals surface area (Å²) in [5, 5.41) is 0. The summed E-state index contributed by atoms with van der Waals surface area (Å²) < 4.78 is 0. The van der Waals surface area contributed by atoms with Crippen LogP contribution in [0.25, 0.3) is 0 Å². The Hall–Kier alpha value is -1.34. The van der Waals surface area contributed by atoms with Gasteiger partial charge in [-0.1, -0.05) is 142 Å². The Kier molecular flexibility index (Phi) is 7.91. The largest absolute Gasteiger partial charge is 0.0687 e. The van der Waals surface area contributed by atoms with E-state index in [0.717, 1.165) is 64.3 Å². The van der Waals surface area contributed by atoms with Crippen molar-refractivity contribution in [2.24, 2.45) is 41.4 Å². The van der Waals surface area contributed by atoms with Crippen LogP contribution in [0.3, 0.4) is 0 Å². The Morgan fingerprint density at radius 2 is 0.977 bits per heavy atom. The molecule has 1 heterocycles. The zero-order valence-electron chi connectivity index (χ0n) is 29.8. The molecule has 12 atom stereocenters. The molecule has 4 aliphatic carbocycles. The van der Waals surface area contributed by atoms with Gasteiger partial charge >= 0.3 is 0 Å². The van der Waals surface area contributed by atoms with Gasteiger partial charge < -0.3 is 0 Å². The maximum absolute atomic E-state index is 2.99. The van der Waals surface area contributed by atoms with Crippen LogP contribution in [0.2, 0.25) is 23.7 Å². The van der Waals surface area contributed by atoms with Crippen molar-refractivity contribution in [3.05, 3.63) is 70.8 Å². The van der Waals surface area contributed by atoms with Crippen molar-refractivity contribution in [3.8, 4) is 0 Å². The van der Waals surface area contributed by atoms with E-state index in [2.05, 4.69) is 110 Å². The van der Waals surface area contributed by atoms with Crippen molar-refractivity contribution >= 4 is 8.07 Å². The molecule has 5 fully saturated rings. The highest BCUT2D eigenvalue weighted by Crippen LogP contribution is 2.72. The quantitative estimate of drug-likeness (QED) is 0.304. The molecular weight excluding hydrogens is 545 g/mol. The minimum absolute atomic E-state index is 0.240. The first-order chi connectivity index (χ1) is 20.8. The third-order valence-corrected chi connectivity index (χ3v) is 21.3. The minimum Gasteiger partial charge on any atom is -0.0687 e. The standard InChI is InChI=1S/C43H64Si/c1-27-24-38-33(29-16-20-31(21-17-29)42(3,4)5)12-10-14-35(38)40(27)44(9)26-28(2)37-25-39-34(13-11-15-36(39)41(37)44)30-18-22-32(23-19-30)43(6,7)8/h16-23,27-28,33-41H,10-15,24-26H2,1-9H3. The van der Waals surface area contributed by atoms with Crippen LogP contribution in [0.1, 0.15) is 141 Å². The van der Waals surface area contributed by atoms with Crippen molar-refractivity contribution < 1.29 is 0 Å². The van der Waals surface area contributed by atoms with Crippen molar-refractivity contribution in [2.45, 2.75) is 153 Å². The van der Waals surface area contributed by atoms with Gasteiger partial charge in [0.25, 0.3) is 0 Å². The third kappa shape index (κ3) is 5.13. The number of benzene rings is 2. The fraction of sp³-hybridized carbons (Fsp3) is 0.721. The first-order valence-electron chi connectivity index (χ1n) is 19.0. The van der Waals surface area contributed by atoms with Crippen molar-refractivity contribution in [3.63, 3.8) is 0 Å². The van der Waals surface area contributed by atoms with Crippen molar-refractivity contribution in [2.75, 3.05) is 0 Å². The molecule has 0 spiro atoms. The van der Waals surface area contributed by atoms with Crippen LogP contribution in [0.15, 0.2) is 48.5 Å². The van der Waals surface area contributed by atoms with E-state index in [0.29, 0.717) is 0 Å². The summed E-state index contributed by atoms with van der Waals surface area (Å²) in [4.78, 5) is 0. The van der Waals surface area contributed by atoms with Gasteiger partial charge in [0.15, 0.2) is 0 Å². The SMILES string of the molecule is CC1C[Si](C)(C2C(C)CC3C(c4ccc(C(C)(C)C)cc4)CCCC32)C2C1CC1C(c3ccc(C(C)(C)C)cc3)CCCC12. The second-order valence-electron chi connectivity index (χ2n) is 19.3. The molecular formula is C43H64Si. The van der Waals surface area contributed by atoms with Crippen molar-refractivity contribution in [1.82, 2.24) is 0 Å². The normalized spacial score (nSPS) is 42.2. The Labute approximate surface area is 272 Å². The molecule has 2 aromatic carbocycles. The maximum atomic E-state index is 2.99. The Morgan fingerprint density at radius 1 is 0.523 bits per heavy atom. The van der Waals surface area contributed by atoms with Gasteiger partial charge in [-0.2, -0.15) is 0 Å². The predicted octanol–water partition coefficient (Wildman–Crippen LogP) is 12.5. The van der Waals surface area contributed by atoms with E-state index in [-0.39, 0.29) is 10.8 Å². The van der Waals surface area contributed by atoms with Gasteiger partial charge in [-0.25, -0.2) is 0 Å². The van der Waals surface area contributed by atoms with Crippen molar-refractivity contribution in [1.29, 1.82) is 0 Å². The first-order valence-corrected chi connectivity index (χ1v) is 21.8. The molecule has 0 bridgehead atoms. The van der Waals surface area contributed by atoms with Crippen LogP contribution in [0, 0.1) is 41.4 Å². The van der Waals surface area contributed by atoms with Crippen LogP contribution >= 0.6 is 0 Å². The van der Waals surface area contributed by atoms with Crippen LogP contribution in [0.5, 0.6) is 0 Å². The highest BCUT2D eigenvalue weighted by molar-refractivity contribution is 6.82. The average molecular weight is 609 g/mol. The Balaban J connectivity index is 1.15. The number of rotatable bonds is 3. The van der Waals surface area contributed by atoms with Crippen LogP contribution in [0.4, 0.5) is 0 Å². The summed E-state index contributed by atoms with van der Waals surface area (Å²) in [6, 6.07) is 21.7. The highest BCUT2D eigenvalue weighted by atomic mass is 28.3. The molecule has 4 saturated carbocycles. The lowest BCUT2D eigenvalue weighted by Crippen LogP contribution is -2.46. The molecule has 2 aromatic rings. The smallest absolute Gasteiger partial charge is 0.0580 e. The third-order valence-electron chi connectivity index (χ3n) is 14.8. The molecule has 0 N–H and O–H groups in total. The van der Waals surface area contributed by atoms with Gasteiger partial charge in [-0.05, 0) is 123 Å². The molecule has 1 saturated heterocycles. The molecule has 12 unspecified atom stereocenters. The zero-order valence-corrected chi connectivity index (χ0v) is 30.8. The number of hydrogen-bond donors (Lipinski definition) is 0. The van der Waals surface area contributed by atoms with E-state index in [1.807, 2.05) is 0 Å². The Bertz CT molecular complexity index is 1300. The van der Waals surface area contributed by atoms with E-state index < -0.39 is 8.07 Å². The average Bonchev–Trinajstić information content (AvgIpc) is 3.61. The van der Waals surface area contributed by atoms with Gasteiger partial charge in [-0.3, -0.25) is 0 Å². The number of fused-ring (bicyclic) bond motifs is 4. The number of hydrogen-bond acceptors (Lipinski definition) is 0. The van der Waals surface area contributed by atoms with Crippen LogP contribution in [-0.4, -0.2) is 8.07 Å². The minimum atomic E-state index is -1.45. The molecule has 0 radical (unpaired) electrons. The fourth-order valence-electron chi connectivity index (χ4n) is 13.3. The second-order valence-corrected chi connectivity index (χ2v) is 24.1. The fourth-order valence-corrected chi connectivity index (χ4v) is 21.6. The van der Waals surface area contributed by atoms with Gasteiger partial charge in [0.05, 0.1) is 8.07 Å². The van der Waals surface area contributed by atoms with Gasteiger partial charge in [0.2, 0.25) is 0 Å². The van der Waals surface area contributed by atoms with Gasteiger partial charge in [-0.15, -0.1) is 0 Å². The molecule has 7 rings (SSSR count). The highest BCUT2D eigenvalue weighted by Gasteiger charge is 2.66. The van der Waals surface area contributed by atoms with E-state index in [9.17, 15) is 0 Å². The maximum Gasteiger partial charge on any atom is 0.0580 e. The molecule has 0 aromatic heterocycles. The molecule has 1 heteroatoms. The Morgan fingerprint density at radius 3 is 1.45 bits per heavy atom. The lowest BCUT2D eigenvalue weighted by atomic mass is 9.70. The summed E-state index contributed by atoms with van der Waals surface area (Å²) >= 11 is 0.